The van der Waals surface area contributed by atoms with Gasteiger partial charge in [0.25, 0.3) is 0 Å². The van der Waals surface area contributed by atoms with Gasteiger partial charge in [-0.3, -0.25) is 0 Å². The molecule has 0 aliphatic carbocycles. The first-order valence-corrected chi connectivity index (χ1v) is 6.01. The number of aliphatic hydroxyl groups is 1. The zero-order valence-electron chi connectivity index (χ0n) is 10.9. The van der Waals surface area contributed by atoms with Gasteiger partial charge in [-0.2, -0.15) is 0 Å². The van der Waals surface area contributed by atoms with E-state index in [1.807, 2.05) is 31.2 Å². The number of hydrogen-bond donors (Lipinski definition) is 2. The van der Waals surface area contributed by atoms with Gasteiger partial charge in [0.1, 0.15) is 0 Å². The first kappa shape index (κ1) is 16.4. The largest absolute Gasteiger partial charge is 0.391 e. The number of halogens is 1. The fraction of sp³-hybridized carbons (Fsp3) is 0.571. The third-order valence-corrected chi connectivity index (χ3v) is 3.00. The molecular formula is C14H24ClNO. The molecule has 0 fully saturated rings. The van der Waals surface area contributed by atoms with Crippen molar-refractivity contribution in [1.82, 2.24) is 0 Å². The average molecular weight is 258 g/mol. The molecule has 3 heteroatoms. The highest BCUT2D eigenvalue weighted by Crippen LogP contribution is 2.21. The molecule has 0 heterocycles. The molecule has 2 atom stereocenters. The number of nitrogens with two attached hydrogens (primary N) is 1. The van der Waals surface area contributed by atoms with Crippen LogP contribution in [0.4, 0.5) is 0 Å². The van der Waals surface area contributed by atoms with Crippen molar-refractivity contribution in [3.8, 4) is 0 Å². The maximum Gasteiger partial charge on any atom is 0.0733 e. The zero-order valence-corrected chi connectivity index (χ0v) is 11.7. The van der Waals surface area contributed by atoms with Crippen LogP contribution >= 0.6 is 12.4 Å². The van der Waals surface area contributed by atoms with Crippen LogP contribution in [-0.4, -0.2) is 11.2 Å². The van der Waals surface area contributed by atoms with E-state index in [-0.39, 0.29) is 18.4 Å². The minimum atomic E-state index is -0.441. The molecule has 2 nitrogen and oxygen atoms in total. The lowest BCUT2D eigenvalue weighted by atomic mass is 9.93. The summed E-state index contributed by atoms with van der Waals surface area (Å²) in [4.78, 5) is 0. The van der Waals surface area contributed by atoms with Crippen molar-refractivity contribution in [2.24, 2.45) is 11.7 Å². The maximum absolute atomic E-state index is 10.0. The first-order valence-electron chi connectivity index (χ1n) is 6.01. The Morgan fingerprint density at radius 3 is 2.29 bits per heavy atom. The molecule has 0 aliphatic rings. The van der Waals surface area contributed by atoms with Gasteiger partial charge in [-0.25, -0.2) is 0 Å². The van der Waals surface area contributed by atoms with E-state index in [1.54, 1.807) is 0 Å². The molecule has 0 amide bonds. The van der Waals surface area contributed by atoms with E-state index in [9.17, 15) is 5.11 Å². The molecule has 1 aromatic rings. The molecule has 3 N–H and O–H groups in total. The molecule has 0 aliphatic heterocycles. The van der Waals surface area contributed by atoms with Crippen LogP contribution in [0.5, 0.6) is 0 Å². The highest BCUT2D eigenvalue weighted by atomic mass is 35.5. The van der Waals surface area contributed by atoms with Crippen LogP contribution in [0.3, 0.4) is 0 Å². The van der Waals surface area contributed by atoms with E-state index in [4.69, 9.17) is 5.73 Å². The minimum Gasteiger partial charge on any atom is -0.391 e. The quantitative estimate of drug-likeness (QED) is 0.851. The van der Waals surface area contributed by atoms with E-state index < -0.39 is 6.10 Å². The van der Waals surface area contributed by atoms with Crippen molar-refractivity contribution in [2.45, 2.75) is 45.8 Å². The summed E-state index contributed by atoms with van der Waals surface area (Å²) in [6.45, 7) is 6.35. The van der Waals surface area contributed by atoms with Gasteiger partial charge in [0.05, 0.1) is 12.1 Å². The van der Waals surface area contributed by atoms with E-state index >= 15 is 0 Å². The highest BCUT2D eigenvalue weighted by Gasteiger charge is 2.18. The lowest BCUT2D eigenvalue weighted by Gasteiger charge is -2.21. The smallest absolute Gasteiger partial charge is 0.0733 e. The summed E-state index contributed by atoms with van der Waals surface area (Å²) in [5, 5.41) is 10.0. The summed E-state index contributed by atoms with van der Waals surface area (Å²) in [7, 11) is 0. The Morgan fingerprint density at radius 1 is 1.18 bits per heavy atom. The monoisotopic (exact) mass is 257 g/mol. The van der Waals surface area contributed by atoms with Gasteiger partial charge in [-0.05, 0) is 36.8 Å². The summed E-state index contributed by atoms with van der Waals surface area (Å²) >= 11 is 0. The lowest BCUT2D eigenvalue weighted by Crippen LogP contribution is -2.27. The molecule has 17 heavy (non-hydrogen) atoms. The number of aliphatic hydroxyl groups excluding tert-OH is 1. The number of hydrogen-bond acceptors (Lipinski definition) is 2. The van der Waals surface area contributed by atoms with Gasteiger partial charge in [0.2, 0.25) is 0 Å². The van der Waals surface area contributed by atoms with E-state index in [2.05, 4.69) is 13.8 Å². The summed E-state index contributed by atoms with van der Waals surface area (Å²) in [6, 6.07) is 7.73. The Kier molecular flexibility index (Phi) is 7.44. The van der Waals surface area contributed by atoms with Crippen molar-refractivity contribution < 1.29 is 5.11 Å². The van der Waals surface area contributed by atoms with Crippen LogP contribution in [0.15, 0.2) is 24.3 Å². The van der Waals surface area contributed by atoms with E-state index in [1.165, 1.54) is 0 Å². The maximum atomic E-state index is 10.0. The van der Waals surface area contributed by atoms with Gasteiger partial charge in [-0.1, -0.05) is 38.1 Å². The standard InChI is InChI=1S/C14H23NO.ClH/c1-10(2)8-9-13(16)14(15)12-7-5-4-6-11(12)3;/h4-7,10,13-14,16H,8-9,15H2,1-3H3;1H/t13-,14+;/m1./s1. The van der Waals surface area contributed by atoms with Crippen LogP contribution in [-0.2, 0) is 0 Å². The molecule has 0 spiro atoms. The van der Waals surface area contributed by atoms with E-state index in [0.717, 1.165) is 24.0 Å². The average Bonchev–Trinajstić information content (AvgIpc) is 2.25. The predicted octanol–water partition coefficient (Wildman–Crippen LogP) is 3.21. The van der Waals surface area contributed by atoms with Crippen LogP contribution in [0.25, 0.3) is 0 Å². The topological polar surface area (TPSA) is 46.2 Å². The number of benzene rings is 1. The van der Waals surface area contributed by atoms with Crippen molar-refractivity contribution in [1.29, 1.82) is 0 Å². The number of aryl methyl sites for hydroxylation is 1. The Balaban J connectivity index is 0.00000256. The SMILES string of the molecule is Cc1ccccc1[C@H](N)[C@H](O)CCC(C)C.Cl. The first-order chi connectivity index (χ1) is 7.52. The molecule has 0 saturated carbocycles. The van der Waals surface area contributed by atoms with Crippen LogP contribution in [0, 0.1) is 12.8 Å². The summed E-state index contributed by atoms with van der Waals surface area (Å²) in [6.07, 6.45) is 1.34. The van der Waals surface area contributed by atoms with Gasteiger partial charge < -0.3 is 10.8 Å². The second kappa shape index (κ2) is 7.70. The summed E-state index contributed by atoms with van der Waals surface area (Å²) in [5.74, 6) is 0.610. The molecule has 0 saturated heterocycles. The van der Waals surface area contributed by atoms with Crippen LogP contribution < -0.4 is 5.73 Å². The minimum absolute atomic E-state index is 0. The number of rotatable bonds is 5. The second-order valence-corrected chi connectivity index (χ2v) is 4.92. The van der Waals surface area contributed by atoms with Crippen molar-refractivity contribution in [3.63, 3.8) is 0 Å². The van der Waals surface area contributed by atoms with Gasteiger partial charge in [-0.15, -0.1) is 12.4 Å². The molecule has 0 radical (unpaired) electrons. The molecule has 98 valence electrons. The van der Waals surface area contributed by atoms with Gasteiger partial charge in [0.15, 0.2) is 0 Å². The van der Waals surface area contributed by atoms with Gasteiger partial charge >= 0.3 is 0 Å². The highest BCUT2D eigenvalue weighted by molar-refractivity contribution is 5.85. The molecule has 0 bridgehead atoms. The van der Waals surface area contributed by atoms with Crippen molar-refractivity contribution in [2.75, 3.05) is 0 Å². The van der Waals surface area contributed by atoms with Crippen LogP contribution in [0.1, 0.15) is 43.9 Å². The Morgan fingerprint density at radius 2 is 1.76 bits per heavy atom. The molecule has 1 aromatic carbocycles. The molecule has 0 aromatic heterocycles. The van der Waals surface area contributed by atoms with Crippen LogP contribution in [0.2, 0.25) is 0 Å². The molecule has 0 unspecified atom stereocenters. The Hall–Kier alpha value is -0.570. The third kappa shape index (κ3) is 5.07. The normalized spacial score (nSPS) is 14.2. The summed E-state index contributed by atoms with van der Waals surface area (Å²) < 4.78 is 0. The van der Waals surface area contributed by atoms with Gasteiger partial charge in [0, 0.05) is 0 Å². The fourth-order valence-corrected chi connectivity index (χ4v) is 1.85. The van der Waals surface area contributed by atoms with Crippen molar-refractivity contribution >= 4 is 12.4 Å². The lowest BCUT2D eigenvalue weighted by molar-refractivity contribution is 0.128. The predicted molar refractivity (Wildman–Crippen MR) is 75.4 cm³/mol. The van der Waals surface area contributed by atoms with Crippen molar-refractivity contribution in [3.05, 3.63) is 35.4 Å². The third-order valence-electron chi connectivity index (χ3n) is 3.00. The second-order valence-electron chi connectivity index (χ2n) is 4.92. The molecular weight excluding hydrogens is 234 g/mol. The Labute approximate surface area is 111 Å². The summed E-state index contributed by atoms with van der Waals surface area (Å²) in [5.41, 5.74) is 8.28. The Bertz CT molecular complexity index is 328. The fourth-order valence-electron chi connectivity index (χ4n) is 1.85. The van der Waals surface area contributed by atoms with E-state index in [0.29, 0.717) is 5.92 Å². The molecule has 1 rings (SSSR count). The zero-order chi connectivity index (χ0) is 12.1.